The van der Waals surface area contributed by atoms with Gasteiger partial charge in [0.1, 0.15) is 5.60 Å². The monoisotopic (exact) mass is 429 g/mol. The number of hydrogen-bond acceptors (Lipinski definition) is 3. The Morgan fingerprint density at radius 2 is 1.69 bits per heavy atom. The van der Waals surface area contributed by atoms with Gasteiger partial charge in [-0.15, -0.1) is 0 Å². The predicted molar refractivity (Wildman–Crippen MR) is 129 cm³/mol. The van der Waals surface area contributed by atoms with E-state index in [4.69, 9.17) is 9.84 Å². The van der Waals surface area contributed by atoms with Gasteiger partial charge in [-0.1, -0.05) is 54.6 Å². The number of carbonyl (C=O) groups is 1. The number of carbonyl (C=O) groups excluding carboxylic acids is 1. The highest BCUT2D eigenvalue weighted by Gasteiger charge is 2.26. The van der Waals surface area contributed by atoms with E-state index in [2.05, 4.69) is 61.0 Å². The van der Waals surface area contributed by atoms with Crippen molar-refractivity contribution in [2.75, 3.05) is 13.1 Å². The van der Waals surface area contributed by atoms with Crippen molar-refractivity contribution in [2.24, 2.45) is 0 Å². The third kappa shape index (κ3) is 4.47. The molecule has 2 aromatic carbocycles. The van der Waals surface area contributed by atoms with Crippen molar-refractivity contribution in [3.05, 3.63) is 77.5 Å². The molecule has 32 heavy (non-hydrogen) atoms. The fourth-order valence-corrected chi connectivity index (χ4v) is 4.09. The Kier molecular flexibility index (Phi) is 5.92. The van der Waals surface area contributed by atoms with Crippen molar-refractivity contribution in [1.29, 1.82) is 0 Å². The Balaban J connectivity index is 1.72. The quantitative estimate of drug-likeness (QED) is 0.499. The standard InChI is InChI=1S/C27H31N3O2/c1-19-11-9-10-14-23(19)30-25(22-12-7-6-8-13-22)20(2)24(28-30)21-15-17-29(18-16-21)26(31)32-27(3,4)5/h6-15H,16-18H2,1-5H3. The summed E-state index contributed by atoms with van der Waals surface area (Å²) in [4.78, 5) is 14.2. The van der Waals surface area contributed by atoms with Gasteiger partial charge in [-0.05, 0) is 58.2 Å². The fourth-order valence-electron chi connectivity index (χ4n) is 4.09. The summed E-state index contributed by atoms with van der Waals surface area (Å²) in [7, 11) is 0. The molecular weight excluding hydrogens is 398 g/mol. The smallest absolute Gasteiger partial charge is 0.410 e. The number of aryl methyl sites for hydroxylation is 1. The Labute approximate surface area is 190 Å². The van der Waals surface area contributed by atoms with Crippen LogP contribution in [0.25, 0.3) is 22.5 Å². The summed E-state index contributed by atoms with van der Waals surface area (Å²) >= 11 is 0. The highest BCUT2D eigenvalue weighted by molar-refractivity contribution is 5.77. The summed E-state index contributed by atoms with van der Waals surface area (Å²) in [6.45, 7) is 11.1. The van der Waals surface area contributed by atoms with Crippen molar-refractivity contribution in [3.63, 3.8) is 0 Å². The van der Waals surface area contributed by atoms with Gasteiger partial charge in [-0.2, -0.15) is 5.10 Å². The molecule has 2 heterocycles. The predicted octanol–water partition coefficient (Wildman–Crippen LogP) is 6.18. The minimum atomic E-state index is -0.492. The molecule has 0 aliphatic carbocycles. The van der Waals surface area contributed by atoms with E-state index in [0.29, 0.717) is 13.1 Å². The van der Waals surface area contributed by atoms with Crippen LogP contribution < -0.4 is 0 Å². The van der Waals surface area contributed by atoms with E-state index in [9.17, 15) is 4.79 Å². The maximum absolute atomic E-state index is 12.4. The van der Waals surface area contributed by atoms with Crippen LogP contribution in [0.15, 0.2) is 60.7 Å². The summed E-state index contributed by atoms with van der Waals surface area (Å²) in [5.74, 6) is 0. The van der Waals surface area contributed by atoms with Crippen molar-refractivity contribution in [1.82, 2.24) is 14.7 Å². The van der Waals surface area contributed by atoms with Crippen LogP contribution in [0, 0.1) is 13.8 Å². The molecule has 0 bridgehead atoms. The molecule has 0 atom stereocenters. The Bertz CT molecular complexity index is 1150. The van der Waals surface area contributed by atoms with Crippen LogP contribution in [0.2, 0.25) is 0 Å². The van der Waals surface area contributed by atoms with E-state index in [1.807, 2.05) is 39.0 Å². The maximum Gasteiger partial charge on any atom is 0.410 e. The first kappa shape index (κ1) is 21.9. The molecule has 5 heteroatoms. The molecular formula is C27H31N3O2. The van der Waals surface area contributed by atoms with E-state index in [-0.39, 0.29) is 6.09 Å². The zero-order chi connectivity index (χ0) is 22.9. The van der Waals surface area contributed by atoms with Crippen LogP contribution in [0.4, 0.5) is 4.79 Å². The van der Waals surface area contributed by atoms with E-state index in [1.165, 1.54) is 11.1 Å². The van der Waals surface area contributed by atoms with Gasteiger partial charge in [0, 0.05) is 24.2 Å². The average Bonchev–Trinajstić information content (AvgIpc) is 3.10. The van der Waals surface area contributed by atoms with Crippen LogP contribution in [-0.4, -0.2) is 39.5 Å². The largest absolute Gasteiger partial charge is 0.444 e. The number of rotatable bonds is 3. The van der Waals surface area contributed by atoms with Gasteiger partial charge in [-0.25, -0.2) is 9.48 Å². The highest BCUT2D eigenvalue weighted by atomic mass is 16.6. The molecule has 1 aliphatic rings. The van der Waals surface area contributed by atoms with E-state index >= 15 is 0 Å². The van der Waals surface area contributed by atoms with Crippen LogP contribution in [0.5, 0.6) is 0 Å². The van der Waals surface area contributed by atoms with Crippen molar-refractivity contribution >= 4 is 11.7 Å². The first-order chi connectivity index (χ1) is 15.2. The lowest BCUT2D eigenvalue weighted by atomic mass is 9.99. The van der Waals surface area contributed by atoms with Crippen molar-refractivity contribution < 1.29 is 9.53 Å². The molecule has 0 spiro atoms. The molecule has 0 unspecified atom stereocenters. The second kappa shape index (κ2) is 8.65. The molecule has 0 N–H and O–H groups in total. The number of ether oxygens (including phenoxy) is 1. The molecule has 4 rings (SSSR count). The van der Waals surface area contributed by atoms with Gasteiger partial charge in [0.25, 0.3) is 0 Å². The van der Waals surface area contributed by atoms with Crippen LogP contribution in [0.3, 0.4) is 0 Å². The third-order valence-corrected chi connectivity index (χ3v) is 5.68. The number of benzene rings is 2. The molecule has 5 nitrogen and oxygen atoms in total. The second-order valence-corrected chi connectivity index (χ2v) is 9.29. The molecule has 0 saturated heterocycles. The normalized spacial score (nSPS) is 14.3. The lowest BCUT2D eigenvalue weighted by Crippen LogP contribution is -2.39. The van der Waals surface area contributed by atoms with E-state index in [1.54, 1.807) is 4.90 Å². The minimum Gasteiger partial charge on any atom is -0.444 e. The molecule has 3 aromatic rings. The van der Waals surface area contributed by atoms with Gasteiger partial charge >= 0.3 is 6.09 Å². The topological polar surface area (TPSA) is 47.4 Å². The van der Waals surface area contributed by atoms with Gasteiger partial charge in [0.05, 0.1) is 17.1 Å². The van der Waals surface area contributed by atoms with Crippen LogP contribution >= 0.6 is 0 Å². The molecule has 0 saturated carbocycles. The zero-order valence-electron chi connectivity index (χ0n) is 19.6. The molecule has 1 aromatic heterocycles. The van der Waals surface area contributed by atoms with E-state index in [0.717, 1.165) is 34.6 Å². The zero-order valence-corrected chi connectivity index (χ0v) is 19.6. The van der Waals surface area contributed by atoms with Gasteiger partial charge in [-0.3, -0.25) is 0 Å². The Hall–Kier alpha value is -3.34. The summed E-state index contributed by atoms with van der Waals surface area (Å²) in [5.41, 5.74) is 7.32. The maximum atomic E-state index is 12.4. The van der Waals surface area contributed by atoms with Gasteiger partial charge in [0.2, 0.25) is 0 Å². The number of amides is 1. The summed E-state index contributed by atoms with van der Waals surface area (Å²) in [6, 6.07) is 18.7. The highest BCUT2D eigenvalue weighted by Crippen LogP contribution is 2.34. The molecule has 1 amide bonds. The lowest BCUT2D eigenvalue weighted by Gasteiger charge is -2.29. The van der Waals surface area contributed by atoms with Gasteiger partial charge < -0.3 is 9.64 Å². The fraction of sp³-hybridized carbons (Fsp3) is 0.333. The van der Waals surface area contributed by atoms with Crippen molar-refractivity contribution in [2.45, 2.75) is 46.6 Å². The lowest BCUT2D eigenvalue weighted by molar-refractivity contribution is 0.0270. The number of aromatic nitrogens is 2. The number of para-hydroxylation sites is 1. The molecule has 166 valence electrons. The Morgan fingerprint density at radius 1 is 1.00 bits per heavy atom. The Morgan fingerprint density at radius 3 is 2.31 bits per heavy atom. The van der Waals surface area contributed by atoms with Crippen molar-refractivity contribution in [3.8, 4) is 16.9 Å². The molecule has 0 fully saturated rings. The van der Waals surface area contributed by atoms with Crippen LogP contribution in [0.1, 0.15) is 44.0 Å². The number of nitrogens with zero attached hydrogens (tertiary/aromatic N) is 3. The molecule has 0 radical (unpaired) electrons. The summed E-state index contributed by atoms with van der Waals surface area (Å²) in [6.07, 6.45) is 2.60. The van der Waals surface area contributed by atoms with Crippen LogP contribution in [-0.2, 0) is 4.74 Å². The summed E-state index contributed by atoms with van der Waals surface area (Å²) < 4.78 is 7.60. The first-order valence-corrected chi connectivity index (χ1v) is 11.1. The van der Waals surface area contributed by atoms with E-state index < -0.39 is 5.60 Å². The van der Waals surface area contributed by atoms with Gasteiger partial charge in [0.15, 0.2) is 0 Å². The average molecular weight is 430 g/mol. The first-order valence-electron chi connectivity index (χ1n) is 11.1. The third-order valence-electron chi connectivity index (χ3n) is 5.68. The minimum absolute atomic E-state index is 0.264. The molecule has 1 aliphatic heterocycles. The second-order valence-electron chi connectivity index (χ2n) is 9.29. The number of hydrogen-bond donors (Lipinski definition) is 0. The SMILES string of the molecule is Cc1ccccc1-n1nc(C2=CCN(C(=O)OC(C)(C)C)CC2)c(C)c1-c1ccccc1. The summed E-state index contributed by atoms with van der Waals surface area (Å²) in [5, 5.41) is 5.08.